The third-order valence-electron chi connectivity index (χ3n) is 1.58. The van der Waals surface area contributed by atoms with Crippen molar-refractivity contribution in [2.75, 3.05) is 19.8 Å². The molecule has 0 radical (unpaired) electrons. The summed E-state index contributed by atoms with van der Waals surface area (Å²) < 4.78 is 9.73. The smallest absolute Gasteiger partial charge is 0.330 e. The topological polar surface area (TPSA) is 72.8 Å². The van der Waals surface area contributed by atoms with Gasteiger partial charge in [-0.1, -0.05) is 6.08 Å². The molecule has 0 saturated carbocycles. The van der Waals surface area contributed by atoms with Gasteiger partial charge in [0.2, 0.25) is 0 Å². The number of ether oxygens (including phenoxy) is 2. The standard InChI is InChI=1S/C10H16O5/c1-8(10(12)13)4-3-5-14-6-7-15-9(2)11/h4H,3,5-7H2,1-2H3,(H,12,13). The first-order valence-corrected chi connectivity index (χ1v) is 4.65. The fourth-order valence-electron chi connectivity index (χ4n) is 0.792. The predicted octanol–water partition coefficient (Wildman–Crippen LogP) is 0.987. The average molecular weight is 216 g/mol. The predicted molar refractivity (Wildman–Crippen MR) is 53.5 cm³/mol. The molecule has 0 unspecified atom stereocenters. The van der Waals surface area contributed by atoms with Crippen LogP contribution in [0.3, 0.4) is 0 Å². The zero-order valence-electron chi connectivity index (χ0n) is 8.99. The number of rotatable bonds is 7. The van der Waals surface area contributed by atoms with Crippen LogP contribution in [0.4, 0.5) is 0 Å². The van der Waals surface area contributed by atoms with Crippen molar-refractivity contribution in [2.24, 2.45) is 0 Å². The van der Waals surface area contributed by atoms with Crippen molar-refractivity contribution in [1.29, 1.82) is 0 Å². The van der Waals surface area contributed by atoms with Crippen molar-refractivity contribution in [2.45, 2.75) is 20.3 Å². The van der Waals surface area contributed by atoms with Crippen molar-refractivity contribution in [3.63, 3.8) is 0 Å². The summed E-state index contributed by atoms with van der Waals surface area (Å²) in [4.78, 5) is 20.7. The van der Waals surface area contributed by atoms with E-state index in [0.29, 0.717) is 25.2 Å². The molecule has 15 heavy (non-hydrogen) atoms. The second kappa shape index (κ2) is 7.99. The Balaban J connectivity index is 3.36. The van der Waals surface area contributed by atoms with E-state index in [-0.39, 0.29) is 12.6 Å². The first-order chi connectivity index (χ1) is 7.04. The maximum absolute atomic E-state index is 10.4. The molecule has 0 saturated heterocycles. The van der Waals surface area contributed by atoms with Crippen LogP contribution in [0.5, 0.6) is 0 Å². The first kappa shape index (κ1) is 13.6. The Morgan fingerprint density at radius 1 is 1.20 bits per heavy atom. The summed E-state index contributed by atoms with van der Waals surface area (Å²) in [6, 6.07) is 0. The van der Waals surface area contributed by atoms with Gasteiger partial charge in [0.15, 0.2) is 0 Å². The maximum Gasteiger partial charge on any atom is 0.330 e. The summed E-state index contributed by atoms with van der Waals surface area (Å²) in [5, 5.41) is 8.52. The molecule has 1 N–H and O–H groups in total. The number of hydrogen-bond donors (Lipinski definition) is 1. The minimum Gasteiger partial charge on any atom is -0.478 e. The Kier molecular flexibility index (Phi) is 7.27. The zero-order valence-corrected chi connectivity index (χ0v) is 8.99. The summed E-state index contributed by atoms with van der Waals surface area (Å²) in [5.74, 6) is -1.25. The summed E-state index contributed by atoms with van der Waals surface area (Å²) in [6.45, 7) is 3.85. The molecule has 0 aliphatic heterocycles. The molecule has 0 heterocycles. The lowest BCUT2D eigenvalue weighted by molar-refractivity contribution is -0.142. The second-order valence-corrected chi connectivity index (χ2v) is 2.93. The fourth-order valence-corrected chi connectivity index (χ4v) is 0.792. The van der Waals surface area contributed by atoms with Crippen LogP contribution >= 0.6 is 0 Å². The summed E-state index contributed by atoms with van der Waals surface area (Å²) in [5.41, 5.74) is 0.304. The van der Waals surface area contributed by atoms with E-state index in [9.17, 15) is 9.59 Å². The number of carboxylic acids is 1. The van der Waals surface area contributed by atoms with E-state index >= 15 is 0 Å². The molecule has 0 aromatic rings. The van der Waals surface area contributed by atoms with Crippen LogP contribution in [0.2, 0.25) is 0 Å². The molecule has 0 aliphatic rings. The molecular formula is C10H16O5. The van der Waals surface area contributed by atoms with E-state index in [0.717, 1.165) is 0 Å². The Labute approximate surface area is 88.7 Å². The van der Waals surface area contributed by atoms with Gasteiger partial charge in [-0.05, 0) is 13.3 Å². The van der Waals surface area contributed by atoms with E-state index < -0.39 is 5.97 Å². The molecular weight excluding hydrogens is 200 g/mol. The largest absolute Gasteiger partial charge is 0.478 e. The average Bonchev–Trinajstić information content (AvgIpc) is 2.15. The van der Waals surface area contributed by atoms with E-state index in [4.69, 9.17) is 9.84 Å². The van der Waals surface area contributed by atoms with Gasteiger partial charge in [-0.15, -0.1) is 0 Å². The zero-order chi connectivity index (χ0) is 11.7. The Bertz CT molecular complexity index is 244. The normalized spacial score (nSPS) is 11.2. The highest BCUT2D eigenvalue weighted by atomic mass is 16.6. The van der Waals surface area contributed by atoms with E-state index in [1.165, 1.54) is 13.8 Å². The van der Waals surface area contributed by atoms with Gasteiger partial charge in [-0.25, -0.2) is 4.79 Å². The van der Waals surface area contributed by atoms with Crippen LogP contribution in [0, 0.1) is 0 Å². The number of esters is 1. The lowest BCUT2D eigenvalue weighted by Gasteiger charge is -2.02. The highest BCUT2D eigenvalue weighted by Crippen LogP contribution is 1.95. The van der Waals surface area contributed by atoms with Crippen molar-refractivity contribution < 1.29 is 24.2 Å². The Morgan fingerprint density at radius 2 is 1.87 bits per heavy atom. The lowest BCUT2D eigenvalue weighted by atomic mass is 10.2. The van der Waals surface area contributed by atoms with Gasteiger partial charge in [0.05, 0.1) is 13.2 Å². The monoisotopic (exact) mass is 216 g/mol. The minimum absolute atomic E-state index is 0.233. The minimum atomic E-state index is -0.921. The van der Waals surface area contributed by atoms with Gasteiger partial charge in [0, 0.05) is 12.5 Å². The molecule has 86 valence electrons. The number of aliphatic carboxylic acids is 1. The van der Waals surface area contributed by atoms with Crippen LogP contribution in [0.25, 0.3) is 0 Å². The van der Waals surface area contributed by atoms with Gasteiger partial charge in [-0.3, -0.25) is 4.79 Å². The van der Waals surface area contributed by atoms with Gasteiger partial charge < -0.3 is 14.6 Å². The second-order valence-electron chi connectivity index (χ2n) is 2.93. The molecule has 0 aliphatic carbocycles. The van der Waals surface area contributed by atoms with Gasteiger partial charge in [0.1, 0.15) is 6.61 Å². The first-order valence-electron chi connectivity index (χ1n) is 4.65. The van der Waals surface area contributed by atoms with Crippen molar-refractivity contribution >= 4 is 11.9 Å². The third-order valence-corrected chi connectivity index (χ3v) is 1.58. The molecule has 0 bridgehead atoms. The molecule has 0 spiro atoms. The summed E-state index contributed by atoms with van der Waals surface area (Å²) in [7, 11) is 0. The number of carbonyl (C=O) groups excluding carboxylic acids is 1. The quantitative estimate of drug-likeness (QED) is 0.390. The van der Waals surface area contributed by atoms with Gasteiger partial charge >= 0.3 is 11.9 Å². The molecule has 0 atom stereocenters. The maximum atomic E-state index is 10.4. The number of carbonyl (C=O) groups is 2. The highest BCUT2D eigenvalue weighted by Gasteiger charge is 1.97. The number of carboxylic acid groups (broad SMARTS) is 1. The molecule has 0 aromatic heterocycles. The lowest BCUT2D eigenvalue weighted by Crippen LogP contribution is -2.08. The highest BCUT2D eigenvalue weighted by molar-refractivity contribution is 5.85. The molecule has 0 amide bonds. The van der Waals surface area contributed by atoms with E-state index in [1.807, 2.05) is 0 Å². The van der Waals surface area contributed by atoms with Crippen LogP contribution in [0.1, 0.15) is 20.3 Å². The fraction of sp³-hybridized carbons (Fsp3) is 0.600. The van der Waals surface area contributed by atoms with Crippen molar-refractivity contribution in [1.82, 2.24) is 0 Å². The Hall–Kier alpha value is -1.36. The summed E-state index contributed by atoms with van der Waals surface area (Å²) in [6.07, 6.45) is 2.13. The van der Waals surface area contributed by atoms with E-state index in [2.05, 4.69) is 4.74 Å². The van der Waals surface area contributed by atoms with Crippen molar-refractivity contribution in [3.8, 4) is 0 Å². The van der Waals surface area contributed by atoms with Gasteiger partial charge in [-0.2, -0.15) is 0 Å². The third kappa shape index (κ3) is 8.96. The summed E-state index contributed by atoms with van der Waals surface area (Å²) >= 11 is 0. The molecule has 0 fully saturated rings. The number of hydrogen-bond acceptors (Lipinski definition) is 4. The SMILES string of the molecule is CC(=O)OCCOCCC=C(C)C(=O)O. The van der Waals surface area contributed by atoms with Crippen LogP contribution in [0.15, 0.2) is 11.6 Å². The van der Waals surface area contributed by atoms with Gasteiger partial charge in [0.25, 0.3) is 0 Å². The van der Waals surface area contributed by atoms with Crippen LogP contribution in [-0.2, 0) is 19.1 Å². The molecule has 0 rings (SSSR count). The Morgan fingerprint density at radius 3 is 2.40 bits per heavy atom. The van der Waals surface area contributed by atoms with Crippen molar-refractivity contribution in [3.05, 3.63) is 11.6 Å². The van der Waals surface area contributed by atoms with E-state index in [1.54, 1.807) is 6.08 Å². The molecule has 0 aromatic carbocycles. The molecule has 5 heteroatoms. The van der Waals surface area contributed by atoms with Crippen LogP contribution in [-0.4, -0.2) is 36.9 Å². The molecule has 5 nitrogen and oxygen atoms in total. The van der Waals surface area contributed by atoms with Crippen LogP contribution < -0.4 is 0 Å².